The Hall–Kier alpha value is -13.9. The summed E-state index contributed by atoms with van der Waals surface area (Å²) < 4.78 is 10.9. The van der Waals surface area contributed by atoms with Gasteiger partial charge in [-0.25, -0.2) is 0 Å². The van der Waals surface area contributed by atoms with E-state index >= 15 is 0 Å². The lowest BCUT2D eigenvalue weighted by atomic mass is 10.1. The number of para-hydroxylation sites is 1. The molecule has 6 heterocycles. The number of ether oxygens (including phenoxy) is 2. The van der Waals surface area contributed by atoms with E-state index in [9.17, 15) is 35.7 Å². The zero-order chi connectivity index (χ0) is 69.9. The smallest absolute Gasteiger partial charge is 0.236 e. The maximum Gasteiger partial charge on any atom is 0.236 e. The Morgan fingerprint density at radius 1 is 0.385 bits per heavy atom. The van der Waals surface area contributed by atoms with Crippen molar-refractivity contribution in [3.63, 3.8) is 0 Å². The fraction of sp³-hybridized carbons (Fsp3) is 0.196. The van der Waals surface area contributed by atoms with E-state index in [-0.39, 0.29) is 106 Å². The van der Waals surface area contributed by atoms with Crippen LogP contribution in [0, 0.1) is 0 Å². The maximum absolute atomic E-state index is 9.48. The standard InChI is InChI=1S/C16H22N6O2.C11H14N6O2.2C10H12N6O2.C9H10N6O2/c1-21(2)15-18-14(19-16(20-15)22(3)4)17-9-8-11-6-5-7-12-13(11)24-10-23-12;1-13-10-14-9(12)15-11(16-10)17(2)6-3-4-7(18)8(19)5-6;1-16(5-2-3-6(17)7(18)4-5)10-14-8(11)13-9(12)15-10;1-12-9-14-8(11)15-10(16-9)13-5-2-3-6(17)7(18)4-5;10-7-13-8(11)15-9(14-7)12-4-1-2-5(16)6(17)3-4/h5-7H,8-10H2,1-4H3,(H,17,18,19,20);3-5,18-19H,1-2H3,(H3,12,13,14,15,16);2-4,17-18H,1H3,(H4,11,12,13,14,15);2-4,17-18H,1H3,(H4,11,12,13,14,15,16);1-3,16-17H,(H5,10,11,12,13,14,15). The van der Waals surface area contributed by atoms with Crippen LogP contribution in [0.15, 0.2) is 91.0 Å². The van der Waals surface area contributed by atoms with Gasteiger partial charge in [-0.2, -0.15) is 74.8 Å². The second kappa shape index (κ2) is 31.7. The average molecular weight is 1320 g/mol. The number of fused-ring (bicyclic) bond motifs is 1. The van der Waals surface area contributed by atoms with E-state index in [1.165, 1.54) is 54.6 Å². The van der Waals surface area contributed by atoms with Crippen LogP contribution in [0.3, 0.4) is 0 Å². The molecular formula is C56H70N30O10. The van der Waals surface area contributed by atoms with Crippen LogP contribution in [-0.4, -0.2) is 185 Å². The molecule has 0 aliphatic carbocycles. The van der Waals surface area contributed by atoms with E-state index in [1.54, 1.807) is 56.2 Å². The Bertz CT molecular complexity index is 4230. The van der Waals surface area contributed by atoms with Gasteiger partial charge in [0.15, 0.2) is 57.5 Å². The number of aromatic hydroxyl groups is 8. The summed E-state index contributed by atoms with van der Waals surface area (Å²) in [6, 6.07) is 23.1. The van der Waals surface area contributed by atoms with Gasteiger partial charge in [0.05, 0.1) is 0 Å². The molecule has 0 spiro atoms. The van der Waals surface area contributed by atoms with Crippen LogP contribution in [0.2, 0.25) is 0 Å². The van der Waals surface area contributed by atoms with Crippen molar-refractivity contribution in [3.05, 3.63) is 96.6 Å². The number of nitrogens with one attached hydrogen (secondary N) is 5. The average Bonchev–Trinajstić information content (AvgIpc) is 1.29. The Morgan fingerprint density at radius 3 is 1.22 bits per heavy atom. The molecular weight excluding hydrogens is 1250 g/mol. The zero-order valence-corrected chi connectivity index (χ0v) is 52.6. The Morgan fingerprint density at radius 2 is 0.771 bits per heavy atom. The number of rotatable bonds is 16. The normalized spacial score (nSPS) is 10.7. The van der Waals surface area contributed by atoms with Crippen LogP contribution in [0.25, 0.3) is 0 Å². The number of phenolic OH excluding ortho intramolecular Hbond substituents is 8. The van der Waals surface area contributed by atoms with Crippen molar-refractivity contribution >= 4 is 112 Å². The number of hydrogen-bond donors (Lipinski definition) is 19. The number of phenols is 8. The van der Waals surface area contributed by atoms with E-state index < -0.39 is 0 Å². The maximum atomic E-state index is 9.48. The zero-order valence-electron chi connectivity index (χ0n) is 52.6. The minimum Gasteiger partial charge on any atom is -0.504 e. The minimum absolute atomic E-state index is 0.00681. The van der Waals surface area contributed by atoms with E-state index in [0.717, 1.165) is 23.5 Å². The first kappa shape index (κ1) is 69.6. The molecule has 0 radical (unpaired) electrons. The highest BCUT2D eigenvalue weighted by Crippen LogP contribution is 2.37. The van der Waals surface area contributed by atoms with E-state index in [4.69, 9.17) is 49.0 Å². The van der Waals surface area contributed by atoms with E-state index in [2.05, 4.69) is 101 Å². The Kier molecular flexibility index (Phi) is 23.0. The third-order valence-corrected chi connectivity index (χ3v) is 12.4. The number of aromatic nitrogens is 15. The predicted molar refractivity (Wildman–Crippen MR) is 360 cm³/mol. The molecule has 5 aromatic heterocycles. The summed E-state index contributed by atoms with van der Waals surface area (Å²) in [6.45, 7) is 0.967. The molecule has 1 aliphatic heterocycles. The number of nitrogens with zero attached hydrogens (tertiary/aromatic N) is 19. The number of anilines is 19. The van der Waals surface area contributed by atoms with Crippen molar-refractivity contribution in [1.82, 2.24) is 74.8 Å². The molecule has 0 unspecified atom stereocenters. The lowest BCUT2D eigenvalue weighted by Crippen LogP contribution is -2.20. The first-order valence-electron chi connectivity index (χ1n) is 27.9. The highest BCUT2D eigenvalue weighted by molar-refractivity contribution is 5.65. The number of nitrogens with two attached hydrogens (primary N) is 6. The van der Waals surface area contributed by atoms with Gasteiger partial charge in [0.25, 0.3) is 0 Å². The van der Waals surface area contributed by atoms with Gasteiger partial charge in [0.1, 0.15) is 0 Å². The summed E-state index contributed by atoms with van der Waals surface area (Å²) in [4.78, 5) is 66.6. The lowest BCUT2D eigenvalue weighted by Gasteiger charge is -2.18. The first-order valence-corrected chi connectivity index (χ1v) is 27.9. The van der Waals surface area contributed by atoms with Crippen LogP contribution in [-0.2, 0) is 6.42 Å². The number of benzene rings is 5. The summed E-state index contributed by atoms with van der Waals surface area (Å²) in [6.07, 6.45) is 0.785. The molecule has 25 N–H and O–H groups in total. The molecule has 0 amide bonds. The molecule has 96 heavy (non-hydrogen) atoms. The largest absolute Gasteiger partial charge is 0.504 e. The van der Waals surface area contributed by atoms with Gasteiger partial charge in [-0.15, -0.1) is 0 Å². The SMILES string of the molecule is CN(C)c1nc(NCCc2cccc3c2OCO3)nc(N(C)C)n1.CN(c1ccc(O)c(O)c1)c1nc(N)nc(N)n1.CNc1nc(N)nc(N(C)c2ccc(O)c(O)c2)n1.CNc1nc(N)nc(Nc2ccc(O)c(O)c2)n1.Nc1nc(N)nc(Nc2ccc(O)c(O)c2)n1. The van der Waals surface area contributed by atoms with Crippen LogP contribution in [0.5, 0.6) is 57.5 Å². The quantitative estimate of drug-likeness (QED) is 0.0488. The summed E-state index contributed by atoms with van der Waals surface area (Å²) in [5, 5.41) is 88.8. The highest BCUT2D eigenvalue weighted by atomic mass is 16.7. The van der Waals surface area contributed by atoms with Crippen molar-refractivity contribution in [2.75, 3.05) is 150 Å². The van der Waals surface area contributed by atoms with Gasteiger partial charge in [-0.1, -0.05) is 12.1 Å². The number of hydrogen-bond acceptors (Lipinski definition) is 40. The molecule has 5 aromatic carbocycles. The molecule has 504 valence electrons. The van der Waals surface area contributed by atoms with Gasteiger partial charge < -0.3 is 131 Å². The third-order valence-electron chi connectivity index (χ3n) is 12.4. The third kappa shape index (κ3) is 19.6. The molecule has 11 rings (SSSR count). The summed E-state index contributed by atoms with van der Waals surface area (Å²) >= 11 is 0. The number of nitrogen functional groups attached to an aromatic ring is 6. The molecule has 0 atom stereocenters. The summed E-state index contributed by atoms with van der Waals surface area (Å²) in [5.74, 6) is 3.42. The molecule has 0 saturated heterocycles. The Labute approximate surface area is 546 Å². The minimum atomic E-state index is -0.259. The molecule has 40 nitrogen and oxygen atoms in total. The van der Waals surface area contributed by atoms with Gasteiger partial charge in [-0.3, -0.25) is 0 Å². The Balaban J connectivity index is 0.000000170. The molecule has 40 heteroatoms. The van der Waals surface area contributed by atoms with Gasteiger partial charge in [-0.05, 0) is 66.6 Å². The second-order valence-corrected chi connectivity index (χ2v) is 19.9. The van der Waals surface area contributed by atoms with Crippen LogP contribution >= 0.6 is 0 Å². The topological polar surface area (TPSA) is 603 Å². The van der Waals surface area contributed by atoms with Crippen molar-refractivity contribution in [3.8, 4) is 57.5 Å². The molecule has 0 saturated carbocycles. The van der Waals surface area contributed by atoms with E-state index in [0.29, 0.717) is 65.0 Å². The monoisotopic (exact) mass is 1320 g/mol. The summed E-state index contributed by atoms with van der Waals surface area (Å²) in [7, 11) is 14.3. The first-order chi connectivity index (χ1) is 45.6. The highest BCUT2D eigenvalue weighted by Gasteiger charge is 2.19. The van der Waals surface area contributed by atoms with Crippen molar-refractivity contribution in [2.45, 2.75) is 6.42 Å². The summed E-state index contributed by atoms with van der Waals surface area (Å²) in [5.41, 5.74) is 36.1. The predicted octanol–water partition coefficient (Wildman–Crippen LogP) is 3.12. The molecule has 10 aromatic rings. The second-order valence-electron chi connectivity index (χ2n) is 19.9. The van der Waals surface area contributed by atoms with Gasteiger partial charge >= 0.3 is 0 Å². The van der Waals surface area contributed by atoms with Gasteiger partial charge in [0.2, 0.25) is 96.0 Å². The van der Waals surface area contributed by atoms with Crippen molar-refractivity contribution < 1.29 is 50.3 Å². The fourth-order valence-electron chi connectivity index (χ4n) is 7.68. The lowest BCUT2D eigenvalue weighted by molar-refractivity contribution is 0.173. The molecule has 0 bridgehead atoms. The van der Waals surface area contributed by atoms with Crippen LogP contribution < -0.4 is 90.1 Å². The molecule has 0 fully saturated rings. The fourth-order valence-corrected chi connectivity index (χ4v) is 7.68. The van der Waals surface area contributed by atoms with Gasteiger partial charge in [0, 0.05) is 110 Å². The van der Waals surface area contributed by atoms with Crippen LogP contribution in [0.1, 0.15) is 5.56 Å². The van der Waals surface area contributed by atoms with E-state index in [1.807, 2.05) is 56.2 Å². The van der Waals surface area contributed by atoms with Crippen molar-refractivity contribution in [2.24, 2.45) is 0 Å². The van der Waals surface area contributed by atoms with Crippen LogP contribution in [0.4, 0.5) is 112 Å². The van der Waals surface area contributed by atoms with Crippen molar-refractivity contribution in [1.29, 1.82) is 0 Å². The molecule has 1 aliphatic rings.